The van der Waals surface area contributed by atoms with Gasteiger partial charge in [-0.05, 0) is 26.7 Å². The molecule has 0 aliphatic carbocycles. The maximum atomic E-state index is 10.5. The number of hydrogen-bond donors (Lipinski definition) is 1. The van der Waals surface area contributed by atoms with E-state index in [1.165, 1.54) is 0 Å². The van der Waals surface area contributed by atoms with E-state index in [9.17, 15) is 4.79 Å². The van der Waals surface area contributed by atoms with Crippen molar-refractivity contribution >= 4 is 5.97 Å². The van der Waals surface area contributed by atoms with Gasteiger partial charge in [0.2, 0.25) is 0 Å². The second-order valence-electron chi connectivity index (χ2n) is 3.17. The van der Waals surface area contributed by atoms with E-state index in [0.29, 0.717) is 5.57 Å². The third-order valence-electron chi connectivity index (χ3n) is 2.01. The highest BCUT2D eigenvalue weighted by molar-refractivity contribution is 5.86. The Balaban J connectivity index is 4.06. The average molecular weight is 182 g/mol. The minimum atomic E-state index is -0.818. The Morgan fingerprint density at radius 2 is 1.92 bits per heavy atom. The van der Waals surface area contributed by atoms with Crippen LogP contribution >= 0.6 is 0 Å². The number of hydrogen-bond acceptors (Lipinski definition) is 1. The summed E-state index contributed by atoms with van der Waals surface area (Å²) in [6, 6.07) is 0. The van der Waals surface area contributed by atoms with Crippen molar-refractivity contribution < 1.29 is 9.90 Å². The van der Waals surface area contributed by atoms with Crippen LogP contribution in [0.15, 0.2) is 23.3 Å². The zero-order valence-corrected chi connectivity index (χ0v) is 8.63. The second kappa shape index (κ2) is 6.46. The second-order valence-corrected chi connectivity index (χ2v) is 3.17. The largest absolute Gasteiger partial charge is 0.478 e. The fraction of sp³-hybridized carbons (Fsp3) is 0.545. The molecule has 13 heavy (non-hydrogen) atoms. The first-order valence-electron chi connectivity index (χ1n) is 4.64. The van der Waals surface area contributed by atoms with E-state index >= 15 is 0 Å². The molecule has 0 amide bonds. The summed E-state index contributed by atoms with van der Waals surface area (Å²) >= 11 is 0. The highest BCUT2D eigenvalue weighted by Crippen LogP contribution is 2.08. The third-order valence-corrected chi connectivity index (χ3v) is 2.01. The van der Waals surface area contributed by atoms with Crippen molar-refractivity contribution in [3.8, 4) is 0 Å². The zero-order valence-electron chi connectivity index (χ0n) is 8.63. The Morgan fingerprint density at radius 3 is 2.38 bits per heavy atom. The lowest BCUT2D eigenvalue weighted by Gasteiger charge is -1.99. The minimum Gasteiger partial charge on any atom is -0.478 e. The van der Waals surface area contributed by atoms with Crippen LogP contribution in [0.25, 0.3) is 0 Å². The molecule has 0 bridgehead atoms. The molecular weight excluding hydrogens is 164 g/mol. The molecule has 0 aromatic heterocycles. The number of carboxylic acid groups (broad SMARTS) is 1. The molecule has 0 fully saturated rings. The molecular formula is C11H18O2. The van der Waals surface area contributed by atoms with Crippen molar-refractivity contribution in [3.05, 3.63) is 23.3 Å². The lowest BCUT2D eigenvalue weighted by atomic mass is 10.1. The number of unbranched alkanes of at least 4 members (excludes halogenated alkanes) is 1. The normalized spacial score (nSPS) is 13.2. The molecule has 0 heterocycles. The summed E-state index contributed by atoms with van der Waals surface area (Å²) in [6.07, 6.45) is 7.08. The van der Waals surface area contributed by atoms with Gasteiger partial charge in [0.25, 0.3) is 0 Å². The first kappa shape index (κ1) is 11.9. The van der Waals surface area contributed by atoms with E-state index < -0.39 is 5.97 Å². The monoisotopic (exact) mass is 182 g/mol. The van der Waals surface area contributed by atoms with E-state index in [-0.39, 0.29) is 0 Å². The predicted molar refractivity (Wildman–Crippen MR) is 54.7 cm³/mol. The number of allylic oxidation sites excluding steroid dienone is 3. The molecule has 0 aromatic rings. The SMILES string of the molecule is CCCC=CC/C(C)=C(/C)C(=O)O. The molecule has 0 aliphatic heterocycles. The number of rotatable bonds is 5. The predicted octanol–water partition coefficient (Wildman–Crippen LogP) is 3.15. The summed E-state index contributed by atoms with van der Waals surface area (Å²) in [7, 11) is 0. The highest BCUT2D eigenvalue weighted by atomic mass is 16.4. The van der Waals surface area contributed by atoms with Gasteiger partial charge in [0, 0.05) is 5.57 Å². The first-order chi connectivity index (χ1) is 6.09. The Kier molecular flexibility index (Phi) is 5.94. The molecule has 0 radical (unpaired) electrons. The van der Waals surface area contributed by atoms with E-state index in [2.05, 4.69) is 13.0 Å². The molecule has 1 N–H and O–H groups in total. The topological polar surface area (TPSA) is 37.3 Å². The fourth-order valence-corrected chi connectivity index (χ4v) is 0.880. The molecule has 0 atom stereocenters. The van der Waals surface area contributed by atoms with Crippen LogP contribution in [0.4, 0.5) is 0 Å². The summed E-state index contributed by atoms with van der Waals surface area (Å²) in [5.41, 5.74) is 1.39. The quantitative estimate of drug-likeness (QED) is 0.524. The molecule has 2 heteroatoms. The van der Waals surface area contributed by atoms with Gasteiger partial charge in [0.05, 0.1) is 0 Å². The summed E-state index contributed by atoms with van der Waals surface area (Å²) in [4.78, 5) is 10.5. The fourth-order valence-electron chi connectivity index (χ4n) is 0.880. The van der Waals surface area contributed by atoms with Crippen molar-refractivity contribution in [1.82, 2.24) is 0 Å². The van der Waals surface area contributed by atoms with E-state index in [4.69, 9.17) is 5.11 Å². The van der Waals surface area contributed by atoms with E-state index in [0.717, 1.165) is 24.8 Å². The van der Waals surface area contributed by atoms with Gasteiger partial charge in [-0.15, -0.1) is 0 Å². The van der Waals surface area contributed by atoms with Gasteiger partial charge in [0.15, 0.2) is 0 Å². The summed E-state index contributed by atoms with van der Waals surface area (Å²) in [5, 5.41) is 8.67. The van der Waals surface area contributed by atoms with E-state index in [1.807, 2.05) is 13.0 Å². The molecule has 0 aliphatic rings. The number of aliphatic carboxylic acids is 1. The molecule has 0 saturated carbocycles. The summed E-state index contributed by atoms with van der Waals surface area (Å²) in [5.74, 6) is -0.818. The standard InChI is InChI=1S/C11H18O2/c1-4-5-6-7-8-9(2)10(3)11(12)13/h6-7H,4-5,8H2,1-3H3,(H,12,13)/b7-6?,10-9-. The Bertz CT molecular complexity index is 224. The van der Waals surface area contributed by atoms with Gasteiger partial charge in [-0.25, -0.2) is 4.79 Å². The van der Waals surface area contributed by atoms with Gasteiger partial charge in [-0.1, -0.05) is 31.1 Å². The number of carboxylic acids is 1. The lowest BCUT2D eigenvalue weighted by molar-refractivity contribution is -0.132. The van der Waals surface area contributed by atoms with Crippen molar-refractivity contribution in [3.63, 3.8) is 0 Å². The van der Waals surface area contributed by atoms with Gasteiger partial charge in [-0.2, -0.15) is 0 Å². The molecule has 2 nitrogen and oxygen atoms in total. The van der Waals surface area contributed by atoms with Crippen LogP contribution in [0.3, 0.4) is 0 Å². The highest BCUT2D eigenvalue weighted by Gasteiger charge is 2.02. The van der Waals surface area contributed by atoms with Crippen LogP contribution in [0, 0.1) is 0 Å². The smallest absolute Gasteiger partial charge is 0.331 e. The van der Waals surface area contributed by atoms with Crippen LogP contribution in [0.2, 0.25) is 0 Å². The Morgan fingerprint density at radius 1 is 1.31 bits per heavy atom. The van der Waals surface area contributed by atoms with Gasteiger partial charge in [-0.3, -0.25) is 0 Å². The van der Waals surface area contributed by atoms with E-state index in [1.54, 1.807) is 6.92 Å². The maximum absolute atomic E-state index is 10.5. The minimum absolute atomic E-state index is 0.459. The van der Waals surface area contributed by atoms with Crippen LogP contribution in [0.5, 0.6) is 0 Å². The summed E-state index contributed by atoms with van der Waals surface area (Å²) < 4.78 is 0. The van der Waals surface area contributed by atoms with Crippen LogP contribution < -0.4 is 0 Å². The zero-order chi connectivity index (χ0) is 10.3. The average Bonchev–Trinajstić information content (AvgIpc) is 2.10. The lowest BCUT2D eigenvalue weighted by Crippen LogP contribution is -1.98. The Labute approximate surface area is 80.0 Å². The van der Waals surface area contributed by atoms with Crippen LogP contribution in [0.1, 0.15) is 40.0 Å². The third kappa shape index (κ3) is 5.23. The van der Waals surface area contributed by atoms with Crippen LogP contribution in [-0.2, 0) is 4.79 Å². The van der Waals surface area contributed by atoms with Crippen molar-refractivity contribution in [1.29, 1.82) is 0 Å². The van der Waals surface area contributed by atoms with Gasteiger partial charge in [0.1, 0.15) is 0 Å². The van der Waals surface area contributed by atoms with Gasteiger partial charge >= 0.3 is 5.97 Å². The van der Waals surface area contributed by atoms with Crippen LogP contribution in [-0.4, -0.2) is 11.1 Å². The Hall–Kier alpha value is -1.05. The van der Waals surface area contributed by atoms with Crippen molar-refractivity contribution in [2.75, 3.05) is 0 Å². The molecule has 0 aromatic carbocycles. The number of carbonyl (C=O) groups is 1. The van der Waals surface area contributed by atoms with Crippen molar-refractivity contribution in [2.45, 2.75) is 40.0 Å². The van der Waals surface area contributed by atoms with Gasteiger partial charge < -0.3 is 5.11 Å². The molecule has 74 valence electrons. The first-order valence-corrected chi connectivity index (χ1v) is 4.64. The summed E-state index contributed by atoms with van der Waals surface area (Å²) in [6.45, 7) is 5.63. The van der Waals surface area contributed by atoms with Crippen molar-refractivity contribution in [2.24, 2.45) is 0 Å². The maximum Gasteiger partial charge on any atom is 0.331 e. The molecule has 0 saturated heterocycles. The molecule has 0 spiro atoms. The molecule has 0 rings (SSSR count). The molecule has 0 unspecified atom stereocenters.